The number of benzene rings is 3. The van der Waals surface area contributed by atoms with E-state index in [-0.39, 0.29) is 24.4 Å². The van der Waals surface area contributed by atoms with Gasteiger partial charge in [-0.15, -0.1) is 0 Å². The van der Waals surface area contributed by atoms with Crippen molar-refractivity contribution in [1.82, 2.24) is 10.2 Å². The molecule has 1 saturated carbocycles. The van der Waals surface area contributed by atoms with Crippen LogP contribution in [0.2, 0.25) is 0 Å². The number of carbonyl (C=O) groups excluding carboxylic acids is 2. The van der Waals surface area contributed by atoms with Crippen molar-refractivity contribution in [3.05, 3.63) is 100 Å². The van der Waals surface area contributed by atoms with Crippen LogP contribution in [0.25, 0.3) is 0 Å². The Morgan fingerprint density at radius 3 is 2.16 bits per heavy atom. The van der Waals surface area contributed by atoms with Gasteiger partial charge < -0.3 is 10.2 Å². The van der Waals surface area contributed by atoms with Gasteiger partial charge in [-0.2, -0.15) is 0 Å². The van der Waals surface area contributed by atoms with Crippen molar-refractivity contribution in [3.8, 4) is 0 Å². The fraction of sp³-hybridized carbons (Fsp3) is 0.412. The number of hydrogen-bond acceptors (Lipinski definition) is 4. The SMILES string of the molecule is CC(C)c1ccc(N(CC(=O)N(Cc2cccc(Br)c2)[C@@H](Cc2ccccc2)C(=O)NC2CCCCC2)S(C)(=O)=O)cc1. The molecule has 0 aromatic heterocycles. The molecule has 3 aromatic rings. The molecule has 2 amide bonds. The molecule has 0 aliphatic heterocycles. The Morgan fingerprint density at radius 2 is 1.56 bits per heavy atom. The highest BCUT2D eigenvalue weighted by Crippen LogP contribution is 2.24. The monoisotopic (exact) mass is 667 g/mol. The van der Waals surface area contributed by atoms with Crippen LogP contribution in [0, 0.1) is 0 Å². The first-order valence-electron chi connectivity index (χ1n) is 15.0. The lowest BCUT2D eigenvalue weighted by atomic mass is 9.94. The van der Waals surface area contributed by atoms with Crippen LogP contribution in [0.5, 0.6) is 0 Å². The van der Waals surface area contributed by atoms with E-state index in [0.29, 0.717) is 12.1 Å². The van der Waals surface area contributed by atoms with E-state index in [2.05, 4.69) is 35.1 Å². The molecule has 0 radical (unpaired) electrons. The van der Waals surface area contributed by atoms with E-state index < -0.39 is 28.5 Å². The normalized spacial score (nSPS) is 14.7. The molecule has 0 spiro atoms. The molecule has 1 N–H and O–H groups in total. The summed E-state index contributed by atoms with van der Waals surface area (Å²) in [6.45, 7) is 3.86. The molecular weight excluding hydrogens is 626 g/mol. The molecule has 0 bridgehead atoms. The molecule has 1 atom stereocenters. The smallest absolute Gasteiger partial charge is 0.244 e. The molecular formula is C34H42BrN3O4S. The van der Waals surface area contributed by atoms with Crippen LogP contribution < -0.4 is 9.62 Å². The summed E-state index contributed by atoms with van der Waals surface area (Å²) in [4.78, 5) is 29.9. The molecule has 1 fully saturated rings. The summed E-state index contributed by atoms with van der Waals surface area (Å²) >= 11 is 3.52. The quantitative estimate of drug-likeness (QED) is 0.241. The predicted octanol–water partition coefficient (Wildman–Crippen LogP) is 6.43. The number of carbonyl (C=O) groups is 2. The number of nitrogens with zero attached hydrogens (tertiary/aromatic N) is 2. The van der Waals surface area contributed by atoms with Crippen LogP contribution in [-0.4, -0.2) is 50.0 Å². The minimum atomic E-state index is -3.81. The van der Waals surface area contributed by atoms with E-state index in [4.69, 9.17) is 0 Å². The summed E-state index contributed by atoms with van der Waals surface area (Å²) in [6.07, 6.45) is 6.53. The maximum atomic E-state index is 14.3. The van der Waals surface area contributed by atoms with Crippen molar-refractivity contribution < 1.29 is 18.0 Å². The Balaban J connectivity index is 1.71. The van der Waals surface area contributed by atoms with Gasteiger partial charge in [-0.25, -0.2) is 8.42 Å². The predicted molar refractivity (Wildman–Crippen MR) is 176 cm³/mol. The van der Waals surface area contributed by atoms with Crippen LogP contribution >= 0.6 is 15.9 Å². The number of anilines is 1. The number of hydrogen-bond donors (Lipinski definition) is 1. The molecule has 4 rings (SSSR count). The lowest BCUT2D eigenvalue weighted by Crippen LogP contribution is -2.55. The molecule has 1 aliphatic rings. The molecule has 0 saturated heterocycles. The minimum Gasteiger partial charge on any atom is -0.352 e. The second kappa shape index (κ2) is 15.0. The molecule has 9 heteroatoms. The average molecular weight is 669 g/mol. The van der Waals surface area contributed by atoms with Crippen molar-refractivity contribution in [2.45, 2.75) is 76.9 Å². The zero-order valence-corrected chi connectivity index (χ0v) is 27.6. The van der Waals surface area contributed by atoms with Gasteiger partial charge in [0.05, 0.1) is 11.9 Å². The first-order chi connectivity index (χ1) is 20.5. The second-order valence-corrected chi connectivity index (χ2v) is 14.5. The maximum Gasteiger partial charge on any atom is 0.244 e. The zero-order valence-electron chi connectivity index (χ0n) is 25.2. The first kappa shape index (κ1) is 32.7. The Hall–Kier alpha value is -3.17. The fourth-order valence-corrected chi connectivity index (χ4v) is 6.87. The number of rotatable bonds is 12. The fourth-order valence-electron chi connectivity index (χ4n) is 5.57. The van der Waals surface area contributed by atoms with Gasteiger partial charge in [0.25, 0.3) is 0 Å². The number of halogens is 1. The Morgan fingerprint density at radius 1 is 0.907 bits per heavy atom. The van der Waals surface area contributed by atoms with Gasteiger partial charge in [0, 0.05) is 23.5 Å². The standard InChI is InChI=1S/C34H42BrN3O4S/c1-25(2)28-17-19-31(20-18-28)38(43(3,41)42)24-33(39)37(23-27-13-10-14-29(35)21-27)32(22-26-11-6-4-7-12-26)34(40)36-30-15-8-5-9-16-30/h4,6-7,10-14,17-21,25,30,32H,5,8-9,15-16,22-24H2,1-3H3,(H,36,40)/t32-/m0/s1. The summed E-state index contributed by atoms with van der Waals surface area (Å²) in [5, 5.41) is 3.23. The van der Waals surface area contributed by atoms with Gasteiger partial charge in [0.1, 0.15) is 12.6 Å². The van der Waals surface area contributed by atoms with E-state index in [9.17, 15) is 18.0 Å². The van der Waals surface area contributed by atoms with Crippen molar-refractivity contribution in [3.63, 3.8) is 0 Å². The van der Waals surface area contributed by atoms with Crippen LogP contribution in [0.1, 0.15) is 68.6 Å². The summed E-state index contributed by atoms with van der Waals surface area (Å²) in [5.41, 5.74) is 3.23. The Kier molecular flexibility index (Phi) is 11.4. The lowest BCUT2D eigenvalue weighted by Gasteiger charge is -2.35. The summed E-state index contributed by atoms with van der Waals surface area (Å²) in [7, 11) is -3.81. The van der Waals surface area contributed by atoms with Crippen LogP contribution in [0.15, 0.2) is 83.3 Å². The summed E-state index contributed by atoms with van der Waals surface area (Å²) < 4.78 is 28.1. The van der Waals surface area contributed by atoms with Gasteiger partial charge in [-0.3, -0.25) is 13.9 Å². The second-order valence-electron chi connectivity index (χ2n) is 11.7. The van der Waals surface area contributed by atoms with Crippen molar-refractivity contribution in [1.29, 1.82) is 0 Å². The van der Waals surface area contributed by atoms with Gasteiger partial charge in [0.2, 0.25) is 21.8 Å². The molecule has 43 heavy (non-hydrogen) atoms. The van der Waals surface area contributed by atoms with Crippen molar-refractivity contribution in [2.75, 3.05) is 17.1 Å². The lowest BCUT2D eigenvalue weighted by molar-refractivity contribution is -0.140. The average Bonchev–Trinajstić information content (AvgIpc) is 2.98. The topological polar surface area (TPSA) is 86.8 Å². The third-order valence-electron chi connectivity index (χ3n) is 7.99. The zero-order chi connectivity index (χ0) is 31.0. The Labute approximate surface area is 264 Å². The van der Waals surface area contributed by atoms with Crippen LogP contribution in [-0.2, 0) is 32.6 Å². The molecule has 7 nitrogen and oxygen atoms in total. The number of sulfonamides is 1. The Bertz CT molecular complexity index is 1470. The summed E-state index contributed by atoms with van der Waals surface area (Å²) in [6, 6.07) is 23.7. The van der Waals surface area contributed by atoms with E-state index in [1.54, 1.807) is 17.0 Å². The maximum absolute atomic E-state index is 14.3. The summed E-state index contributed by atoms with van der Waals surface area (Å²) in [5.74, 6) is -0.381. The first-order valence-corrected chi connectivity index (χ1v) is 17.6. The number of nitrogens with one attached hydrogen (secondary N) is 1. The highest BCUT2D eigenvalue weighted by Gasteiger charge is 2.34. The van der Waals surface area contributed by atoms with Gasteiger partial charge in [0.15, 0.2) is 0 Å². The van der Waals surface area contributed by atoms with E-state index in [1.165, 1.54) is 0 Å². The minimum absolute atomic E-state index is 0.0642. The molecule has 3 aromatic carbocycles. The molecule has 0 heterocycles. The van der Waals surface area contributed by atoms with Gasteiger partial charge in [-0.1, -0.05) is 104 Å². The van der Waals surface area contributed by atoms with Gasteiger partial charge >= 0.3 is 0 Å². The molecule has 0 unspecified atom stereocenters. The van der Waals surface area contributed by atoms with E-state index in [0.717, 1.165) is 63.8 Å². The van der Waals surface area contributed by atoms with Crippen LogP contribution in [0.3, 0.4) is 0 Å². The van der Waals surface area contributed by atoms with Crippen molar-refractivity contribution >= 4 is 43.5 Å². The third-order valence-corrected chi connectivity index (χ3v) is 9.63. The van der Waals surface area contributed by atoms with E-state index >= 15 is 0 Å². The number of amides is 2. The van der Waals surface area contributed by atoms with Gasteiger partial charge in [-0.05, 0) is 59.7 Å². The van der Waals surface area contributed by atoms with E-state index in [1.807, 2.05) is 66.7 Å². The molecule has 230 valence electrons. The largest absolute Gasteiger partial charge is 0.352 e. The molecule has 1 aliphatic carbocycles. The van der Waals surface area contributed by atoms with Crippen molar-refractivity contribution in [2.24, 2.45) is 0 Å². The third kappa shape index (κ3) is 9.41. The van der Waals surface area contributed by atoms with Crippen LogP contribution in [0.4, 0.5) is 5.69 Å². The highest BCUT2D eigenvalue weighted by molar-refractivity contribution is 9.10. The highest BCUT2D eigenvalue weighted by atomic mass is 79.9.